The minimum absolute atomic E-state index is 0.0202. The van der Waals surface area contributed by atoms with E-state index in [2.05, 4.69) is 22.9 Å². The number of ether oxygens (including phenoxy) is 2. The summed E-state index contributed by atoms with van der Waals surface area (Å²) in [4.78, 5) is 4.50. The van der Waals surface area contributed by atoms with Crippen LogP contribution in [0.4, 0.5) is 4.39 Å². The zero-order valence-corrected chi connectivity index (χ0v) is 16.0. The highest BCUT2D eigenvalue weighted by Crippen LogP contribution is 2.41. The summed E-state index contributed by atoms with van der Waals surface area (Å²) >= 11 is 0. The Hall–Kier alpha value is -1.04. The van der Waals surface area contributed by atoms with E-state index in [1.54, 1.807) is 0 Å². The van der Waals surface area contributed by atoms with Gasteiger partial charge in [-0.15, -0.1) is 0 Å². The number of allylic oxidation sites excluding steroid dienone is 1. The van der Waals surface area contributed by atoms with Crippen LogP contribution in [-0.4, -0.2) is 85.5 Å². The van der Waals surface area contributed by atoms with Crippen molar-refractivity contribution in [1.29, 1.82) is 5.26 Å². The molecule has 3 saturated heterocycles. The van der Waals surface area contributed by atoms with Crippen molar-refractivity contribution in [3.05, 3.63) is 11.6 Å². The molecule has 3 fully saturated rings. The summed E-state index contributed by atoms with van der Waals surface area (Å²) in [6.07, 6.45) is 4.45. The van der Waals surface area contributed by atoms with Crippen LogP contribution < -0.4 is 0 Å². The molecule has 0 aromatic rings. The first kappa shape index (κ1) is 19.3. The minimum Gasteiger partial charge on any atom is -0.378 e. The number of piperidine rings is 1. The molecule has 6 nitrogen and oxygen atoms in total. The van der Waals surface area contributed by atoms with E-state index < -0.39 is 6.29 Å². The molecule has 1 aliphatic carbocycles. The van der Waals surface area contributed by atoms with Gasteiger partial charge in [0.15, 0.2) is 6.29 Å². The van der Waals surface area contributed by atoms with Gasteiger partial charge in [0.1, 0.15) is 6.67 Å². The van der Waals surface area contributed by atoms with Crippen molar-refractivity contribution in [1.82, 2.24) is 9.80 Å². The molecule has 150 valence electrons. The monoisotopic (exact) mass is 379 g/mol. The van der Waals surface area contributed by atoms with Gasteiger partial charge in [0.25, 0.3) is 0 Å². The molecule has 7 heteroatoms. The van der Waals surface area contributed by atoms with Crippen molar-refractivity contribution in [2.24, 2.45) is 11.8 Å². The highest BCUT2D eigenvalue weighted by atomic mass is 19.1. The summed E-state index contributed by atoms with van der Waals surface area (Å²) in [6.45, 7) is 2.05. The lowest BCUT2D eigenvalue weighted by Crippen LogP contribution is -2.57. The fraction of sp³-hybridized carbons (Fsp3) is 0.850. The average molecular weight is 379 g/mol. The van der Waals surface area contributed by atoms with Crippen LogP contribution in [0.2, 0.25) is 0 Å². The summed E-state index contributed by atoms with van der Waals surface area (Å²) in [7, 11) is 2.14. The number of morpholine rings is 1. The Morgan fingerprint density at radius 1 is 1.41 bits per heavy atom. The first-order valence-electron chi connectivity index (χ1n) is 10.1. The Balaban J connectivity index is 1.44. The second-order valence-corrected chi connectivity index (χ2v) is 8.47. The number of rotatable bonds is 5. The summed E-state index contributed by atoms with van der Waals surface area (Å²) in [6, 6.07) is 3.15. The molecule has 1 N–H and O–H groups in total. The molecule has 27 heavy (non-hydrogen) atoms. The van der Waals surface area contributed by atoms with Crippen LogP contribution in [0.15, 0.2) is 11.6 Å². The van der Waals surface area contributed by atoms with Gasteiger partial charge in [-0.1, -0.05) is 6.08 Å². The van der Waals surface area contributed by atoms with E-state index in [1.807, 2.05) is 6.08 Å². The third kappa shape index (κ3) is 3.79. The predicted molar refractivity (Wildman–Crippen MR) is 97.5 cm³/mol. The normalized spacial score (nSPS) is 40.9. The lowest BCUT2D eigenvalue weighted by Gasteiger charge is -2.47. The van der Waals surface area contributed by atoms with Crippen LogP contribution in [0, 0.1) is 23.2 Å². The molecule has 0 amide bonds. The highest BCUT2D eigenvalue weighted by Gasteiger charge is 2.46. The molecule has 6 atom stereocenters. The summed E-state index contributed by atoms with van der Waals surface area (Å²) in [5.74, 6) is -0.0509. The molecule has 0 aromatic carbocycles. The predicted octanol–water partition coefficient (Wildman–Crippen LogP) is 1.31. The van der Waals surface area contributed by atoms with E-state index in [0.29, 0.717) is 25.2 Å². The van der Waals surface area contributed by atoms with Gasteiger partial charge in [0, 0.05) is 48.6 Å². The molecule has 0 saturated carbocycles. The Labute approximate surface area is 160 Å². The lowest BCUT2D eigenvalue weighted by molar-refractivity contribution is -0.198. The third-order valence-corrected chi connectivity index (χ3v) is 7.01. The fourth-order valence-electron chi connectivity index (χ4n) is 5.48. The maximum atomic E-state index is 13.0. The Morgan fingerprint density at radius 3 is 2.81 bits per heavy atom. The quantitative estimate of drug-likeness (QED) is 0.727. The van der Waals surface area contributed by atoms with E-state index in [4.69, 9.17) is 9.47 Å². The number of fused-ring (bicyclic) bond motifs is 3. The first-order chi connectivity index (χ1) is 13.1. The first-order valence-corrected chi connectivity index (χ1v) is 10.1. The molecule has 4 rings (SSSR count). The van der Waals surface area contributed by atoms with E-state index in [1.165, 1.54) is 0 Å². The minimum atomic E-state index is -0.883. The van der Waals surface area contributed by atoms with Crippen molar-refractivity contribution in [2.75, 3.05) is 40.0 Å². The Kier molecular flexibility index (Phi) is 5.81. The highest BCUT2D eigenvalue weighted by molar-refractivity contribution is 5.27. The van der Waals surface area contributed by atoms with Gasteiger partial charge in [-0.3, -0.25) is 9.80 Å². The smallest absolute Gasteiger partial charge is 0.159 e. The van der Waals surface area contributed by atoms with Gasteiger partial charge in [-0.25, -0.2) is 4.39 Å². The number of aliphatic hydroxyl groups excluding tert-OH is 1. The molecule has 4 aliphatic rings. The zero-order valence-electron chi connectivity index (χ0n) is 16.0. The number of likely N-dealkylation sites (tertiary alicyclic amines) is 1. The Morgan fingerprint density at radius 2 is 2.15 bits per heavy atom. The van der Waals surface area contributed by atoms with E-state index in [-0.39, 0.29) is 30.7 Å². The maximum absolute atomic E-state index is 13.0. The standard InChI is InChI=1S/C20H30FN3O3/c1-23-14-7-16(8-15(23)12-26-11-14)27-20(25)18-10-24(5-4-21)19-3-2-13(9-22)6-17(18)19/h6,14-20,25H,2-5,7-8,10-12H2,1H3. The van der Waals surface area contributed by atoms with Crippen LogP contribution in [0.1, 0.15) is 25.7 Å². The third-order valence-electron chi connectivity index (χ3n) is 7.01. The number of alkyl halides is 1. The van der Waals surface area contributed by atoms with Crippen molar-refractivity contribution in [3.8, 4) is 6.07 Å². The number of hydrogen-bond donors (Lipinski definition) is 1. The molecule has 3 aliphatic heterocycles. The van der Waals surface area contributed by atoms with E-state index >= 15 is 0 Å². The summed E-state index contributed by atoms with van der Waals surface area (Å²) < 4.78 is 24.8. The van der Waals surface area contributed by atoms with Crippen molar-refractivity contribution in [3.63, 3.8) is 0 Å². The SMILES string of the molecule is CN1C2COCC1CC(OC(O)C1CN(CCF)C3CCC(C#N)=CC13)C2. The molecular formula is C20H30FN3O3. The molecular weight excluding hydrogens is 349 g/mol. The summed E-state index contributed by atoms with van der Waals surface area (Å²) in [5.41, 5.74) is 0.779. The molecule has 0 aromatic heterocycles. The number of likely N-dealkylation sites (N-methyl/N-ethyl adjacent to an activating group) is 1. The van der Waals surface area contributed by atoms with Gasteiger partial charge in [-0.05, 0) is 32.7 Å². The van der Waals surface area contributed by atoms with Gasteiger partial charge in [0.05, 0.1) is 25.4 Å². The van der Waals surface area contributed by atoms with E-state index in [9.17, 15) is 14.8 Å². The molecule has 0 spiro atoms. The molecule has 6 unspecified atom stereocenters. The number of nitrogens with zero attached hydrogens (tertiary/aromatic N) is 3. The largest absolute Gasteiger partial charge is 0.378 e. The van der Waals surface area contributed by atoms with Gasteiger partial charge in [-0.2, -0.15) is 5.26 Å². The zero-order chi connectivity index (χ0) is 19.0. The maximum Gasteiger partial charge on any atom is 0.159 e. The lowest BCUT2D eigenvalue weighted by atomic mass is 9.81. The van der Waals surface area contributed by atoms with E-state index in [0.717, 1.165) is 44.5 Å². The average Bonchev–Trinajstić information content (AvgIpc) is 3.01. The number of hydrogen-bond acceptors (Lipinski definition) is 6. The number of nitriles is 1. The second-order valence-electron chi connectivity index (χ2n) is 8.47. The van der Waals surface area contributed by atoms with Crippen LogP contribution in [-0.2, 0) is 9.47 Å². The van der Waals surface area contributed by atoms with Crippen molar-refractivity contribution < 1.29 is 19.0 Å². The van der Waals surface area contributed by atoms with Gasteiger partial charge < -0.3 is 14.6 Å². The van der Waals surface area contributed by atoms with Crippen LogP contribution in [0.3, 0.4) is 0 Å². The number of halogens is 1. The van der Waals surface area contributed by atoms with Crippen molar-refractivity contribution in [2.45, 2.75) is 56.2 Å². The fourth-order valence-corrected chi connectivity index (χ4v) is 5.48. The topological polar surface area (TPSA) is 69.0 Å². The number of aliphatic hydroxyl groups is 1. The van der Waals surface area contributed by atoms with Crippen LogP contribution in [0.25, 0.3) is 0 Å². The van der Waals surface area contributed by atoms with Crippen LogP contribution >= 0.6 is 0 Å². The van der Waals surface area contributed by atoms with Gasteiger partial charge >= 0.3 is 0 Å². The van der Waals surface area contributed by atoms with Gasteiger partial charge in [0.2, 0.25) is 0 Å². The molecule has 2 bridgehead atoms. The Bertz CT molecular complexity index is 596. The summed E-state index contributed by atoms with van der Waals surface area (Å²) in [5, 5.41) is 20.2. The van der Waals surface area contributed by atoms with Crippen molar-refractivity contribution >= 4 is 0 Å². The van der Waals surface area contributed by atoms with Crippen LogP contribution in [0.5, 0.6) is 0 Å². The molecule has 3 heterocycles. The second kappa shape index (κ2) is 8.14. The molecule has 0 radical (unpaired) electrons.